The molecule has 0 aliphatic heterocycles. The van der Waals surface area contributed by atoms with Gasteiger partial charge in [-0.2, -0.15) is 22.0 Å². The second-order valence-corrected chi connectivity index (χ2v) is 4.10. The number of nitrogens with two attached hydrogens (primary N) is 1. The summed E-state index contributed by atoms with van der Waals surface area (Å²) < 4.78 is 62.6. The molecule has 8 heteroatoms. The minimum absolute atomic E-state index is 0. The highest BCUT2D eigenvalue weighted by atomic mass is 35.5. The van der Waals surface area contributed by atoms with Crippen LogP contribution in [0.15, 0.2) is 12.1 Å². The maximum Gasteiger partial charge on any atom is 0.455 e. The third-order valence-electron chi connectivity index (χ3n) is 2.64. The summed E-state index contributed by atoms with van der Waals surface area (Å²) in [6.07, 6.45) is -5.72. The highest BCUT2D eigenvalue weighted by molar-refractivity contribution is 5.85. The van der Waals surface area contributed by atoms with Crippen LogP contribution in [0.5, 0.6) is 5.75 Å². The highest BCUT2D eigenvalue weighted by Crippen LogP contribution is 2.44. The molecule has 0 unspecified atom stereocenters. The number of hydrogen-bond donors (Lipinski definition) is 2. The van der Waals surface area contributed by atoms with Crippen molar-refractivity contribution in [2.75, 3.05) is 0 Å². The van der Waals surface area contributed by atoms with Crippen LogP contribution in [0.25, 0.3) is 0 Å². The quantitative estimate of drug-likeness (QED) is 0.820. The van der Waals surface area contributed by atoms with Gasteiger partial charge in [0.25, 0.3) is 0 Å². The Morgan fingerprint density at radius 2 is 1.42 bits per heavy atom. The van der Waals surface area contributed by atoms with E-state index in [1.807, 2.05) is 0 Å². The first-order valence-corrected chi connectivity index (χ1v) is 4.98. The molecule has 110 valence electrons. The van der Waals surface area contributed by atoms with Crippen molar-refractivity contribution in [2.24, 2.45) is 5.73 Å². The molecule has 0 bridgehead atoms. The zero-order valence-electron chi connectivity index (χ0n) is 10.1. The molecule has 1 aromatic carbocycles. The Morgan fingerprint density at radius 1 is 1.05 bits per heavy atom. The lowest BCUT2D eigenvalue weighted by atomic mass is 9.96. The normalized spacial score (nSPS) is 13.9. The molecule has 1 atom stereocenters. The molecule has 0 saturated heterocycles. The van der Waals surface area contributed by atoms with Crippen molar-refractivity contribution < 1.29 is 27.1 Å². The smallest absolute Gasteiger partial charge is 0.455 e. The SMILES string of the molecule is Cc1cc([C@@H](N)C(F)(F)C(F)(F)F)cc(C)c1O.Cl. The largest absolute Gasteiger partial charge is 0.507 e. The fourth-order valence-corrected chi connectivity index (χ4v) is 1.55. The lowest BCUT2D eigenvalue weighted by molar-refractivity contribution is -0.291. The predicted octanol–water partition coefficient (Wildman–Crippen LogP) is 3.63. The van der Waals surface area contributed by atoms with E-state index in [2.05, 4.69) is 0 Å². The van der Waals surface area contributed by atoms with Crippen LogP contribution in [0.2, 0.25) is 0 Å². The monoisotopic (exact) mass is 305 g/mol. The van der Waals surface area contributed by atoms with E-state index in [0.29, 0.717) is 0 Å². The second kappa shape index (κ2) is 5.50. The molecule has 0 amide bonds. The summed E-state index contributed by atoms with van der Waals surface area (Å²) in [6, 6.07) is -0.463. The van der Waals surface area contributed by atoms with Gasteiger partial charge in [0, 0.05) is 0 Å². The summed E-state index contributed by atoms with van der Waals surface area (Å²) in [5, 5.41) is 9.42. The Morgan fingerprint density at radius 3 is 1.74 bits per heavy atom. The molecule has 0 fully saturated rings. The number of phenols is 1. The van der Waals surface area contributed by atoms with Crippen molar-refractivity contribution in [3.05, 3.63) is 28.8 Å². The van der Waals surface area contributed by atoms with E-state index in [4.69, 9.17) is 5.73 Å². The van der Waals surface area contributed by atoms with Gasteiger partial charge in [-0.05, 0) is 30.5 Å². The Kier molecular flexibility index (Phi) is 5.19. The van der Waals surface area contributed by atoms with Gasteiger partial charge in [0.1, 0.15) is 11.8 Å². The second-order valence-electron chi connectivity index (χ2n) is 4.10. The van der Waals surface area contributed by atoms with E-state index in [1.54, 1.807) is 0 Å². The van der Waals surface area contributed by atoms with E-state index in [-0.39, 0.29) is 34.8 Å². The molecular weight excluding hydrogens is 293 g/mol. The fourth-order valence-electron chi connectivity index (χ4n) is 1.55. The number of alkyl halides is 5. The molecule has 3 N–H and O–H groups in total. The molecule has 0 spiro atoms. The van der Waals surface area contributed by atoms with Crippen molar-refractivity contribution in [1.82, 2.24) is 0 Å². The highest BCUT2D eigenvalue weighted by Gasteiger charge is 2.61. The van der Waals surface area contributed by atoms with Gasteiger partial charge in [0.2, 0.25) is 0 Å². The van der Waals surface area contributed by atoms with Gasteiger partial charge in [-0.1, -0.05) is 12.1 Å². The molecule has 0 saturated carbocycles. The minimum atomic E-state index is -5.72. The van der Waals surface area contributed by atoms with Gasteiger partial charge in [-0.3, -0.25) is 0 Å². The third-order valence-corrected chi connectivity index (χ3v) is 2.64. The van der Waals surface area contributed by atoms with Crippen LogP contribution < -0.4 is 5.73 Å². The number of phenolic OH excluding ortho intramolecular Hbond substituents is 1. The van der Waals surface area contributed by atoms with Crippen molar-refractivity contribution in [2.45, 2.75) is 32.0 Å². The Bertz CT molecular complexity index is 438. The van der Waals surface area contributed by atoms with Crippen molar-refractivity contribution in [1.29, 1.82) is 0 Å². The van der Waals surface area contributed by atoms with Crippen LogP contribution in [0.3, 0.4) is 0 Å². The third kappa shape index (κ3) is 3.27. The standard InChI is InChI=1S/C11H12F5NO.ClH/c1-5-3-7(4-6(2)8(5)18)9(17)10(12,13)11(14,15)16;/h3-4,9,18H,17H2,1-2H3;1H/t9-;/m1./s1. The first-order chi connectivity index (χ1) is 7.98. The van der Waals surface area contributed by atoms with Crippen molar-refractivity contribution in [3.8, 4) is 5.75 Å². The van der Waals surface area contributed by atoms with Gasteiger partial charge in [-0.25, -0.2) is 0 Å². The maximum atomic E-state index is 13.1. The van der Waals surface area contributed by atoms with E-state index in [1.165, 1.54) is 13.8 Å². The van der Waals surface area contributed by atoms with Gasteiger partial charge in [-0.15, -0.1) is 12.4 Å². The molecule has 1 rings (SSSR count). The zero-order chi connectivity index (χ0) is 14.3. The van der Waals surface area contributed by atoms with Crippen LogP contribution in [0, 0.1) is 13.8 Å². The predicted molar refractivity (Wildman–Crippen MR) is 62.8 cm³/mol. The van der Waals surface area contributed by atoms with Gasteiger partial charge < -0.3 is 10.8 Å². The molecular formula is C11H13ClF5NO. The number of hydrogen-bond acceptors (Lipinski definition) is 2. The molecule has 0 heterocycles. The number of aryl methyl sites for hydroxylation is 2. The van der Waals surface area contributed by atoms with Crippen LogP contribution in [-0.4, -0.2) is 17.2 Å². The van der Waals surface area contributed by atoms with Crippen LogP contribution in [-0.2, 0) is 0 Å². The fraction of sp³-hybridized carbons (Fsp3) is 0.455. The van der Waals surface area contributed by atoms with Crippen LogP contribution in [0.1, 0.15) is 22.7 Å². The van der Waals surface area contributed by atoms with E-state index in [0.717, 1.165) is 12.1 Å². The van der Waals surface area contributed by atoms with E-state index in [9.17, 15) is 27.1 Å². The van der Waals surface area contributed by atoms with Crippen LogP contribution in [0.4, 0.5) is 22.0 Å². The summed E-state index contributed by atoms with van der Waals surface area (Å²) in [4.78, 5) is 0. The van der Waals surface area contributed by atoms with Gasteiger partial charge in [0.05, 0.1) is 0 Å². The molecule has 0 aliphatic rings. The number of aromatic hydroxyl groups is 1. The van der Waals surface area contributed by atoms with E-state index >= 15 is 0 Å². The lowest BCUT2D eigenvalue weighted by Crippen LogP contribution is -2.45. The lowest BCUT2D eigenvalue weighted by Gasteiger charge is -2.26. The topological polar surface area (TPSA) is 46.2 Å². The molecule has 2 nitrogen and oxygen atoms in total. The van der Waals surface area contributed by atoms with Crippen molar-refractivity contribution in [3.63, 3.8) is 0 Å². The van der Waals surface area contributed by atoms with Crippen LogP contribution >= 0.6 is 12.4 Å². The molecule has 0 aliphatic carbocycles. The van der Waals surface area contributed by atoms with Crippen molar-refractivity contribution >= 4 is 12.4 Å². The average molecular weight is 306 g/mol. The number of halogens is 6. The summed E-state index contributed by atoms with van der Waals surface area (Å²) in [5.74, 6) is -5.18. The molecule has 0 radical (unpaired) electrons. The number of rotatable bonds is 2. The summed E-state index contributed by atoms with van der Waals surface area (Å²) in [5.41, 5.74) is 5.01. The Balaban J connectivity index is 0.00000324. The average Bonchev–Trinajstić information content (AvgIpc) is 2.22. The maximum absolute atomic E-state index is 13.1. The summed E-state index contributed by atoms with van der Waals surface area (Å²) in [6.45, 7) is 2.79. The molecule has 19 heavy (non-hydrogen) atoms. The number of benzene rings is 1. The summed E-state index contributed by atoms with van der Waals surface area (Å²) >= 11 is 0. The minimum Gasteiger partial charge on any atom is -0.507 e. The van der Waals surface area contributed by atoms with Gasteiger partial charge in [0.15, 0.2) is 0 Å². The first-order valence-electron chi connectivity index (χ1n) is 4.98. The summed E-state index contributed by atoms with van der Waals surface area (Å²) in [7, 11) is 0. The van der Waals surface area contributed by atoms with E-state index < -0.39 is 18.1 Å². The molecule has 0 aromatic heterocycles. The Labute approximate surface area is 112 Å². The Hall–Kier alpha value is -1.08. The first kappa shape index (κ1) is 17.9. The molecule has 1 aromatic rings. The van der Waals surface area contributed by atoms with Gasteiger partial charge >= 0.3 is 12.1 Å². The zero-order valence-corrected chi connectivity index (χ0v) is 10.9.